The molecule has 2 N–H and O–H groups in total. The maximum Gasteiger partial charge on any atom is 0.269 e. The molecule has 3 rings (SSSR count). The summed E-state index contributed by atoms with van der Waals surface area (Å²) in [5.74, 6) is 1.05. The number of anilines is 1. The van der Waals surface area contributed by atoms with Crippen LogP contribution in [-0.4, -0.2) is 46.4 Å². The van der Waals surface area contributed by atoms with Crippen LogP contribution in [0.4, 0.5) is 11.5 Å². The number of benzene rings is 1. The van der Waals surface area contributed by atoms with E-state index in [1.54, 1.807) is 35.3 Å². The van der Waals surface area contributed by atoms with Crippen LogP contribution in [0.5, 0.6) is 0 Å². The van der Waals surface area contributed by atoms with Crippen molar-refractivity contribution < 1.29 is 13.3 Å². The van der Waals surface area contributed by atoms with E-state index < -0.39 is 14.9 Å². The summed E-state index contributed by atoms with van der Waals surface area (Å²) in [6, 6.07) is 9.86. The summed E-state index contributed by atoms with van der Waals surface area (Å²) < 4.78 is 28.3. The fraction of sp³-hybridized carbons (Fsp3) is 0.133. The SMILES string of the molecule is O=[N+]([O-])c1ccc(S(=O)(=O)NCCNc2ccc(-n3cccn3)nn2)cc1. The monoisotopic (exact) mass is 389 g/mol. The summed E-state index contributed by atoms with van der Waals surface area (Å²) in [5.41, 5.74) is -0.173. The molecule has 0 aliphatic heterocycles. The number of nitrogens with zero attached hydrogens (tertiary/aromatic N) is 5. The second-order valence-electron chi connectivity index (χ2n) is 5.30. The van der Waals surface area contributed by atoms with Crippen LogP contribution in [-0.2, 0) is 10.0 Å². The molecule has 0 atom stereocenters. The van der Waals surface area contributed by atoms with E-state index in [0.29, 0.717) is 11.6 Å². The molecule has 140 valence electrons. The maximum atomic E-state index is 12.2. The molecule has 3 aromatic rings. The number of aromatic nitrogens is 4. The summed E-state index contributed by atoms with van der Waals surface area (Å²) in [4.78, 5) is 9.98. The predicted molar refractivity (Wildman–Crippen MR) is 95.9 cm³/mol. The van der Waals surface area contributed by atoms with E-state index in [2.05, 4.69) is 25.3 Å². The Hall–Kier alpha value is -3.38. The minimum Gasteiger partial charge on any atom is -0.367 e. The highest BCUT2D eigenvalue weighted by atomic mass is 32.2. The van der Waals surface area contributed by atoms with Crippen molar-refractivity contribution in [1.29, 1.82) is 0 Å². The molecule has 0 aliphatic carbocycles. The van der Waals surface area contributed by atoms with Gasteiger partial charge in [0.05, 0.1) is 9.82 Å². The zero-order chi connectivity index (χ0) is 19.3. The molecular weight excluding hydrogens is 374 g/mol. The predicted octanol–water partition coefficient (Wildman–Crippen LogP) is 0.961. The molecule has 0 amide bonds. The topological polar surface area (TPSA) is 145 Å². The highest BCUT2D eigenvalue weighted by molar-refractivity contribution is 7.89. The Balaban J connectivity index is 1.51. The normalized spacial score (nSPS) is 11.3. The van der Waals surface area contributed by atoms with Crippen molar-refractivity contribution in [2.45, 2.75) is 4.90 Å². The van der Waals surface area contributed by atoms with Gasteiger partial charge in [-0.25, -0.2) is 17.8 Å². The van der Waals surface area contributed by atoms with Gasteiger partial charge in [0.2, 0.25) is 10.0 Å². The Labute approximate surface area is 154 Å². The lowest BCUT2D eigenvalue weighted by Gasteiger charge is -2.08. The van der Waals surface area contributed by atoms with Gasteiger partial charge in [-0.3, -0.25) is 10.1 Å². The third-order valence-corrected chi connectivity index (χ3v) is 4.95. The first kappa shape index (κ1) is 18.4. The Morgan fingerprint density at radius 2 is 1.85 bits per heavy atom. The first-order valence-corrected chi connectivity index (χ1v) is 9.26. The third-order valence-electron chi connectivity index (χ3n) is 3.47. The number of sulfonamides is 1. The van der Waals surface area contributed by atoms with Gasteiger partial charge in [0, 0.05) is 37.6 Å². The average molecular weight is 389 g/mol. The van der Waals surface area contributed by atoms with Crippen LogP contribution in [0.2, 0.25) is 0 Å². The molecule has 0 unspecified atom stereocenters. The first-order chi connectivity index (χ1) is 13.0. The van der Waals surface area contributed by atoms with Crippen LogP contribution in [0.3, 0.4) is 0 Å². The van der Waals surface area contributed by atoms with E-state index in [1.165, 1.54) is 12.1 Å². The number of nitrogens with one attached hydrogen (secondary N) is 2. The molecule has 27 heavy (non-hydrogen) atoms. The fourth-order valence-corrected chi connectivity index (χ4v) is 3.18. The van der Waals surface area contributed by atoms with E-state index in [0.717, 1.165) is 12.1 Å². The van der Waals surface area contributed by atoms with Crippen LogP contribution in [0, 0.1) is 10.1 Å². The molecule has 0 bridgehead atoms. The lowest BCUT2D eigenvalue weighted by molar-refractivity contribution is -0.384. The van der Waals surface area contributed by atoms with Crippen molar-refractivity contribution in [3.05, 3.63) is 65.0 Å². The second-order valence-corrected chi connectivity index (χ2v) is 7.07. The smallest absolute Gasteiger partial charge is 0.269 e. The van der Waals surface area contributed by atoms with Crippen LogP contribution < -0.4 is 10.0 Å². The van der Waals surface area contributed by atoms with E-state index in [-0.39, 0.29) is 23.7 Å². The summed E-state index contributed by atoms with van der Waals surface area (Å²) in [6.07, 6.45) is 3.37. The minimum atomic E-state index is -3.75. The van der Waals surface area contributed by atoms with Crippen molar-refractivity contribution in [2.75, 3.05) is 18.4 Å². The zero-order valence-electron chi connectivity index (χ0n) is 13.9. The number of rotatable bonds is 8. The molecule has 0 fully saturated rings. The van der Waals surface area contributed by atoms with Crippen molar-refractivity contribution >= 4 is 21.5 Å². The van der Waals surface area contributed by atoms with Gasteiger partial charge in [-0.2, -0.15) is 5.10 Å². The lowest BCUT2D eigenvalue weighted by atomic mass is 10.3. The third kappa shape index (κ3) is 4.62. The van der Waals surface area contributed by atoms with Gasteiger partial charge in [0.25, 0.3) is 5.69 Å². The second kappa shape index (κ2) is 7.88. The number of hydrogen-bond acceptors (Lipinski definition) is 8. The van der Waals surface area contributed by atoms with Gasteiger partial charge in [-0.1, -0.05) is 0 Å². The standard InChI is InChI=1S/C15H15N7O4S/c23-22(24)12-2-4-13(5-3-12)27(25,26)18-10-9-16-14-6-7-15(20-19-14)21-11-1-8-17-21/h1-8,11,18H,9-10H2,(H,16,19). The van der Waals surface area contributed by atoms with Gasteiger partial charge in [-0.15, -0.1) is 10.2 Å². The van der Waals surface area contributed by atoms with Crippen molar-refractivity contribution in [2.24, 2.45) is 0 Å². The maximum absolute atomic E-state index is 12.2. The molecule has 0 radical (unpaired) electrons. The molecule has 2 heterocycles. The average Bonchev–Trinajstić information content (AvgIpc) is 3.20. The number of non-ortho nitro benzene ring substituents is 1. The lowest BCUT2D eigenvalue weighted by Crippen LogP contribution is -2.29. The Morgan fingerprint density at radius 3 is 2.44 bits per heavy atom. The molecule has 0 spiro atoms. The molecule has 0 saturated carbocycles. The van der Waals surface area contributed by atoms with Crippen molar-refractivity contribution in [3.63, 3.8) is 0 Å². The Bertz CT molecular complexity index is 1000. The summed E-state index contributed by atoms with van der Waals surface area (Å²) >= 11 is 0. The Morgan fingerprint density at radius 1 is 1.07 bits per heavy atom. The molecular formula is C15H15N7O4S. The van der Waals surface area contributed by atoms with Gasteiger partial charge in [0.15, 0.2) is 5.82 Å². The highest BCUT2D eigenvalue weighted by Crippen LogP contribution is 2.15. The summed E-state index contributed by atoms with van der Waals surface area (Å²) in [6.45, 7) is 0.379. The van der Waals surface area contributed by atoms with Crippen LogP contribution in [0.25, 0.3) is 5.82 Å². The van der Waals surface area contributed by atoms with Gasteiger partial charge in [0.1, 0.15) is 5.82 Å². The van der Waals surface area contributed by atoms with Gasteiger partial charge >= 0.3 is 0 Å². The van der Waals surface area contributed by atoms with Crippen LogP contribution >= 0.6 is 0 Å². The van der Waals surface area contributed by atoms with Crippen LogP contribution in [0.15, 0.2) is 59.8 Å². The van der Waals surface area contributed by atoms with Gasteiger partial charge < -0.3 is 5.32 Å². The number of hydrogen-bond donors (Lipinski definition) is 2. The number of nitro benzene ring substituents is 1. The van der Waals surface area contributed by atoms with E-state index in [1.807, 2.05) is 0 Å². The fourth-order valence-electron chi connectivity index (χ4n) is 2.15. The number of nitro groups is 1. The molecule has 0 aliphatic rings. The van der Waals surface area contributed by atoms with E-state index in [9.17, 15) is 18.5 Å². The quantitative estimate of drug-likeness (QED) is 0.329. The summed E-state index contributed by atoms with van der Waals surface area (Å²) in [5, 5.41) is 25.6. The van der Waals surface area contributed by atoms with Crippen LogP contribution in [0.1, 0.15) is 0 Å². The van der Waals surface area contributed by atoms with E-state index >= 15 is 0 Å². The Kier molecular flexibility index (Phi) is 5.38. The van der Waals surface area contributed by atoms with Gasteiger partial charge in [-0.05, 0) is 30.3 Å². The minimum absolute atomic E-state index is 0.0449. The molecule has 0 saturated heterocycles. The van der Waals surface area contributed by atoms with E-state index in [4.69, 9.17) is 0 Å². The molecule has 12 heteroatoms. The molecule has 1 aromatic carbocycles. The molecule has 2 aromatic heterocycles. The van der Waals surface area contributed by atoms with Crippen molar-refractivity contribution in [1.82, 2.24) is 24.7 Å². The first-order valence-electron chi connectivity index (χ1n) is 7.77. The highest BCUT2D eigenvalue weighted by Gasteiger charge is 2.15. The molecule has 11 nitrogen and oxygen atoms in total. The zero-order valence-corrected chi connectivity index (χ0v) is 14.7. The van der Waals surface area contributed by atoms with Crippen molar-refractivity contribution in [3.8, 4) is 5.82 Å². The summed E-state index contributed by atoms with van der Waals surface area (Å²) in [7, 11) is -3.75. The largest absolute Gasteiger partial charge is 0.367 e.